The van der Waals surface area contributed by atoms with E-state index in [9.17, 15) is 4.79 Å². The van der Waals surface area contributed by atoms with Crippen LogP contribution in [0.2, 0.25) is 5.02 Å². The van der Waals surface area contributed by atoms with Crippen molar-refractivity contribution in [3.63, 3.8) is 0 Å². The maximum absolute atomic E-state index is 11.7. The maximum atomic E-state index is 11.7. The summed E-state index contributed by atoms with van der Waals surface area (Å²) in [5.74, 6) is 0. The van der Waals surface area contributed by atoms with Crippen molar-refractivity contribution in [3.05, 3.63) is 45.2 Å². The molecule has 0 saturated carbocycles. The minimum Gasteiger partial charge on any atom is -0.322 e. The summed E-state index contributed by atoms with van der Waals surface area (Å²) in [6.07, 6.45) is 0.638. The molecule has 0 aliphatic heterocycles. The van der Waals surface area contributed by atoms with E-state index in [1.807, 2.05) is 24.3 Å². The second-order valence-corrected chi connectivity index (χ2v) is 4.40. The zero-order valence-electron chi connectivity index (χ0n) is 7.89. The van der Waals surface area contributed by atoms with Crippen LogP contribution in [-0.4, -0.2) is 10.3 Å². The lowest BCUT2D eigenvalue weighted by Crippen LogP contribution is -2.13. The highest BCUT2D eigenvalue weighted by Crippen LogP contribution is 2.23. The number of aromatic nitrogens is 1. The molecule has 0 aliphatic carbocycles. The first kappa shape index (κ1) is 10.7. The highest BCUT2D eigenvalue weighted by Gasteiger charge is 2.09. The Balaban J connectivity index is 2.78. The van der Waals surface area contributed by atoms with Gasteiger partial charge in [0.25, 0.3) is 5.56 Å². The molecule has 0 unspecified atom stereocenters. The fraction of sp³-hybridized carbons (Fsp3) is 0.182. The smallest absolute Gasteiger partial charge is 0.253 e. The third-order valence-corrected chi connectivity index (χ3v) is 3.12. The molecular weight excluding hydrogens is 277 g/mol. The van der Waals surface area contributed by atoms with E-state index in [0.29, 0.717) is 17.0 Å². The highest BCUT2D eigenvalue weighted by molar-refractivity contribution is 9.09. The fourth-order valence-corrected chi connectivity index (χ4v) is 2.30. The Kier molecular flexibility index (Phi) is 3.12. The van der Waals surface area contributed by atoms with Crippen molar-refractivity contribution >= 4 is 38.4 Å². The summed E-state index contributed by atoms with van der Waals surface area (Å²) in [6, 6.07) is 7.54. The predicted molar refractivity (Wildman–Crippen MR) is 67.1 cm³/mol. The SMILES string of the molecule is O=c1[nH]c2ccccc2c(Cl)c1CCBr. The summed E-state index contributed by atoms with van der Waals surface area (Å²) >= 11 is 9.49. The number of hydrogen-bond acceptors (Lipinski definition) is 1. The topological polar surface area (TPSA) is 32.9 Å². The molecule has 1 heterocycles. The first-order valence-corrected chi connectivity index (χ1v) is 6.09. The minimum atomic E-state index is -0.0989. The van der Waals surface area contributed by atoms with Crippen molar-refractivity contribution in [2.75, 3.05) is 5.33 Å². The molecule has 0 radical (unpaired) electrons. The van der Waals surface area contributed by atoms with Crippen LogP contribution < -0.4 is 5.56 Å². The fourth-order valence-electron chi connectivity index (χ4n) is 1.56. The molecule has 0 saturated heterocycles. The zero-order valence-corrected chi connectivity index (χ0v) is 10.2. The number of nitrogens with one attached hydrogen (secondary N) is 1. The number of hydrogen-bond donors (Lipinski definition) is 1. The molecule has 0 fully saturated rings. The van der Waals surface area contributed by atoms with Crippen LogP contribution in [0.15, 0.2) is 29.1 Å². The molecule has 4 heteroatoms. The molecule has 1 aromatic heterocycles. The van der Waals surface area contributed by atoms with Crippen LogP contribution in [0.1, 0.15) is 5.56 Å². The number of alkyl halides is 1. The van der Waals surface area contributed by atoms with Crippen LogP contribution in [0.3, 0.4) is 0 Å². The van der Waals surface area contributed by atoms with Crippen LogP contribution >= 0.6 is 27.5 Å². The van der Waals surface area contributed by atoms with E-state index in [-0.39, 0.29) is 5.56 Å². The first-order chi connectivity index (χ1) is 7.24. The number of H-pyrrole nitrogens is 1. The second kappa shape index (κ2) is 4.37. The first-order valence-electron chi connectivity index (χ1n) is 4.59. The molecule has 0 amide bonds. The van der Waals surface area contributed by atoms with Gasteiger partial charge in [0, 0.05) is 21.8 Å². The van der Waals surface area contributed by atoms with Gasteiger partial charge in [-0.25, -0.2) is 0 Å². The van der Waals surface area contributed by atoms with Crippen LogP contribution in [0, 0.1) is 0 Å². The van der Waals surface area contributed by atoms with Gasteiger partial charge in [-0.1, -0.05) is 45.7 Å². The van der Waals surface area contributed by atoms with Gasteiger partial charge >= 0.3 is 0 Å². The van der Waals surface area contributed by atoms with Crippen molar-refractivity contribution in [1.29, 1.82) is 0 Å². The van der Waals surface area contributed by atoms with E-state index in [0.717, 1.165) is 16.2 Å². The lowest BCUT2D eigenvalue weighted by Gasteiger charge is -2.05. The summed E-state index contributed by atoms with van der Waals surface area (Å²) in [5, 5.41) is 2.19. The Morgan fingerprint density at radius 2 is 2.07 bits per heavy atom. The molecule has 15 heavy (non-hydrogen) atoms. The maximum Gasteiger partial charge on any atom is 0.253 e. The Morgan fingerprint density at radius 3 is 2.80 bits per heavy atom. The van der Waals surface area contributed by atoms with Gasteiger partial charge in [0.15, 0.2) is 0 Å². The molecular formula is C11H9BrClNO. The number of benzene rings is 1. The lowest BCUT2D eigenvalue weighted by atomic mass is 10.1. The second-order valence-electron chi connectivity index (χ2n) is 3.23. The minimum absolute atomic E-state index is 0.0989. The van der Waals surface area contributed by atoms with E-state index >= 15 is 0 Å². The number of rotatable bonds is 2. The summed E-state index contributed by atoms with van der Waals surface area (Å²) < 4.78 is 0. The number of para-hydroxylation sites is 1. The molecule has 0 bridgehead atoms. The van der Waals surface area contributed by atoms with Gasteiger partial charge in [-0.15, -0.1) is 0 Å². The Labute approximate surface area is 100 Å². The van der Waals surface area contributed by atoms with E-state index in [4.69, 9.17) is 11.6 Å². The summed E-state index contributed by atoms with van der Waals surface area (Å²) in [6.45, 7) is 0. The molecule has 2 aromatic rings. The van der Waals surface area contributed by atoms with Crippen LogP contribution in [0.25, 0.3) is 10.9 Å². The van der Waals surface area contributed by atoms with Crippen molar-refractivity contribution in [2.45, 2.75) is 6.42 Å². The van der Waals surface area contributed by atoms with Crippen molar-refractivity contribution in [3.8, 4) is 0 Å². The Hall–Kier alpha value is -0.800. The summed E-state index contributed by atoms with van der Waals surface area (Å²) in [4.78, 5) is 14.5. The van der Waals surface area contributed by atoms with Gasteiger partial charge in [-0.3, -0.25) is 4.79 Å². The molecule has 2 nitrogen and oxygen atoms in total. The summed E-state index contributed by atoms with van der Waals surface area (Å²) in [7, 11) is 0. The van der Waals surface area contributed by atoms with Crippen LogP contribution in [0.4, 0.5) is 0 Å². The van der Waals surface area contributed by atoms with E-state index in [1.54, 1.807) is 0 Å². The molecule has 0 aliphatic rings. The number of pyridine rings is 1. The van der Waals surface area contributed by atoms with Crippen LogP contribution in [0.5, 0.6) is 0 Å². The van der Waals surface area contributed by atoms with E-state index < -0.39 is 0 Å². The zero-order chi connectivity index (χ0) is 10.8. The molecule has 0 spiro atoms. The van der Waals surface area contributed by atoms with Gasteiger partial charge in [-0.2, -0.15) is 0 Å². The lowest BCUT2D eigenvalue weighted by molar-refractivity contribution is 1.10. The highest BCUT2D eigenvalue weighted by atomic mass is 79.9. The molecule has 1 N–H and O–H groups in total. The standard InChI is InChI=1S/C11H9BrClNO/c12-6-5-8-10(13)7-3-1-2-4-9(7)14-11(8)15/h1-4H,5-6H2,(H,14,15). The van der Waals surface area contributed by atoms with Crippen molar-refractivity contribution in [1.82, 2.24) is 4.98 Å². The normalized spacial score (nSPS) is 10.8. The van der Waals surface area contributed by atoms with Crippen molar-refractivity contribution < 1.29 is 0 Å². The number of aromatic amines is 1. The van der Waals surface area contributed by atoms with E-state index in [2.05, 4.69) is 20.9 Å². The van der Waals surface area contributed by atoms with Crippen LogP contribution in [-0.2, 0) is 6.42 Å². The quantitative estimate of drug-likeness (QED) is 0.845. The van der Waals surface area contributed by atoms with Gasteiger partial charge in [0.05, 0.1) is 5.02 Å². The average molecular weight is 287 g/mol. The molecule has 2 rings (SSSR count). The molecule has 0 atom stereocenters. The number of fused-ring (bicyclic) bond motifs is 1. The molecule has 78 valence electrons. The predicted octanol–water partition coefficient (Wildman–Crippen LogP) is 3.12. The third-order valence-electron chi connectivity index (χ3n) is 2.30. The van der Waals surface area contributed by atoms with Gasteiger partial charge < -0.3 is 4.98 Å². The van der Waals surface area contributed by atoms with Gasteiger partial charge in [0.2, 0.25) is 0 Å². The Morgan fingerprint density at radius 1 is 1.33 bits per heavy atom. The number of halogens is 2. The van der Waals surface area contributed by atoms with Gasteiger partial charge in [-0.05, 0) is 12.5 Å². The third kappa shape index (κ3) is 1.94. The monoisotopic (exact) mass is 285 g/mol. The average Bonchev–Trinajstić information content (AvgIpc) is 2.24. The van der Waals surface area contributed by atoms with E-state index in [1.165, 1.54) is 0 Å². The Bertz CT molecular complexity index is 550. The van der Waals surface area contributed by atoms with Crippen molar-refractivity contribution in [2.24, 2.45) is 0 Å². The van der Waals surface area contributed by atoms with Gasteiger partial charge in [0.1, 0.15) is 0 Å². The molecule has 1 aromatic carbocycles. The largest absolute Gasteiger partial charge is 0.322 e. The summed E-state index contributed by atoms with van der Waals surface area (Å²) in [5.41, 5.74) is 1.33.